The average Bonchev–Trinajstić information content (AvgIpc) is 2.34. The number of benzene rings is 1. The van der Waals surface area contributed by atoms with Crippen LogP contribution in [0.1, 0.15) is 31.7 Å². The lowest BCUT2D eigenvalue weighted by atomic mass is 9.90. The molecule has 1 fully saturated rings. The number of methoxy groups -OCH3 is 1. The van der Waals surface area contributed by atoms with Crippen LogP contribution in [-0.2, 0) is 16.1 Å². The first-order valence-corrected chi connectivity index (χ1v) is 6.73. The SMILES string of the molecule is COC(=O)C(C)N(Cc1cccc(O)c1)C1CCC1. The summed E-state index contributed by atoms with van der Waals surface area (Å²) in [5.41, 5.74) is 1.02. The van der Waals surface area contributed by atoms with Crippen LogP contribution in [0.2, 0.25) is 0 Å². The minimum absolute atomic E-state index is 0.202. The van der Waals surface area contributed by atoms with E-state index in [1.807, 2.05) is 19.1 Å². The molecule has 1 saturated carbocycles. The van der Waals surface area contributed by atoms with Crippen molar-refractivity contribution in [1.29, 1.82) is 0 Å². The van der Waals surface area contributed by atoms with Crippen molar-refractivity contribution < 1.29 is 14.6 Å². The Morgan fingerprint density at radius 1 is 1.53 bits per heavy atom. The number of aromatic hydroxyl groups is 1. The number of nitrogens with zero attached hydrogens (tertiary/aromatic N) is 1. The third kappa shape index (κ3) is 3.26. The summed E-state index contributed by atoms with van der Waals surface area (Å²) in [7, 11) is 1.42. The fraction of sp³-hybridized carbons (Fsp3) is 0.533. The predicted octanol–water partition coefficient (Wildman–Crippen LogP) is 2.31. The number of phenols is 1. The molecule has 1 aliphatic rings. The molecule has 1 unspecified atom stereocenters. The van der Waals surface area contributed by atoms with Gasteiger partial charge in [-0.15, -0.1) is 0 Å². The second-order valence-electron chi connectivity index (χ2n) is 5.13. The van der Waals surface area contributed by atoms with Crippen molar-refractivity contribution in [2.24, 2.45) is 0 Å². The average molecular weight is 263 g/mol. The molecule has 0 radical (unpaired) electrons. The lowest BCUT2D eigenvalue weighted by Crippen LogP contribution is -2.48. The first kappa shape index (κ1) is 13.9. The predicted molar refractivity (Wildman–Crippen MR) is 72.8 cm³/mol. The molecule has 2 rings (SSSR count). The van der Waals surface area contributed by atoms with Gasteiger partial charge in [0.25, 0.3) is 0 Å². The van der Waals surface area contributed by atoms with E-state index in [4.69, 9.17) is 4.74 Å². The fourth-order valence-corrected chi connectivity index (χ4v) is 2.47. The highest BCUT2D eigenvalue weighted by atomic mass is 16.5. The Balaban J connectivity index is 2.11. The van der Waals surface area contributed by atoms with E-state index in [0.29, 0.717) is 12.6 Å². The van der Waals surface area contributed by atoms with Crippen molar-refractivity contribution in [3.63, 3.8) is 0 Å². The molecule has 0 amide bonds. The van der Waals surface area contributed by atoms with Crippen LogP contribution in [0.25, 0.3) is 0 Å². The van der Waals surface area contributed by atoms with Crippen LogP contribution in [0.3, 0.4) is 0 Å². The van der Waals surface area contributed by atoms with Crippen LogP contribution in [0.5, 0.6) is 5.75 Å². The van der Waals surface area contributed by atoms with Gasteiger partial charge < -0.3 is 9.84 Å². The summed E-state index contributed by atoms with van der Waals surface area (Å²) in [6.07, 6.45) is 3.47. The summed E-state index contributed by atoms with van der Waals surface area (Å²) >= 11 is 0. The molecule has 1 aromatic carbocycles. The van der Waals surface area contributed by atoms with E-state index in [1.165, 1.54) is 13.5 Å². The number of rotatable bonds is 5. The second kappa shape index (κ2) is 6.06. The number of phenolic OH excluding ortho intramolecular Hbond substituents is 1. The molecule has 0 aliphatic heterocycles. The van der Waals surface area contributed by atoms with Crippen LogP contribution in [-0.4, -0.2) is 35.2 Å². The number of hydrogen-bond donors (Lipinski definition) is 1. The largest absolute Gasteiger partial charge is 0.508 e. The molecule has 4 nitrogen and oxygen atoms in total. The van der Waals surface area contributed by atoms with Gasteiger partial charge in [-0.1, -0.05) is 18.6 Å². The number of ether oxygens (including phenoxy) is 1. The van der Waals surface area contributed by atoms with Gasteiger partial charge in [-0.3, -0.25) is 9.69 Å². The van der Waals surface area contributed by atoms with Crippen molar-refractivity contribution in [3.05, 3.63) is 29.8 Å². The van der Waals surface area contributed by atoms with Gasteiger partial charge in [0.05, 0.1) is 7.11 Å². The van der Waals surface area contributed by atoms with Crippen LogP contribution < -0.4 is 0 Å². The Labute approximate surface area is 114 Å². The number of carbonyl (C=O) groups excluding carboxylic acids is 1. The molecule has 104 valence electrons. The molecule has 19 heavy (non-hydrogen) atoms. The monoisotopic (exact) mass is 263 g/mol. The molecule has 0 bridgehead atoms. The van der Waals surface area contributed by atoms with E-state index in [2.05, 4.69) is 4.90 Å². The Kier molecular flexibility index (Phi) is 4.43. The van der Waals surface area contributed by atoms with Crippen molar-refractivity contribution in [3.8, 4) is 5.75 Å². The highest BCUT2D eigenvalue weighted by molar-refractivity contribution is 5.75. The molecule has 0 saturated heterocycles. The minimum Gasteiger partial charge on any atom is -0.508 e. The molecule has 0 spiro atoms. The van der Waals surface area contributed by atoms with Gasteiger partial charge in [0.2, 0.25) is 0 Å². The van der Waals surface area contributed by atoms with E-state index >= 15 is 0 Å². The van der Waals surface area contributed by atoms with Gasteiger partial charge in [-0.2, -0.15) is 0 Å². The maximum atomic E-state index is 11.7. The zero-order chi connectivity index (χ0) is 13.8. The van der Waals surface area contributed by atoms with E-state index in [9.17, 15) is 9.90 Å². The van der Waals surface area contributed by atoms with Gasteiger partial charge in [0.1, 0.15) is 11.8 Å². The summed E-state index contributed by atoms with van der Waals surface area (Å²) in [5, 5.41) is 9.52. The zero-order valence-corrected chi connectivity index (χ0v) is 11.5. The fourth-order valence-electron chi connectivity index (χ4n) is 2.47. The molecule has 1 aliphatic carbocycles. The summed E-state index contributed by atoms with van der Waals surface area (Å²) in [5.74, 6) is 0.0591. The number of hydrogen-bond acceptors (Lipinski definition) is 4. The maximum absolute atomic E-state index is 11.7. The quantitative estimate of drug-likeness (QED) is 0.828. The van der Waals surface area contributed by atoms with Gasteiger partial charge in [0.15, 0.2) is 0 Å². The molecule has 4 heteroatoms. The third-order valence-corrected chi connectivity index (χ3v) is 3.86. The maximum Gasteiger partial charge on any atom is 0.322 e. The third-order valence-electron chi connectivity index (χ3n) is 3.86. The van der Waals surface area contributed by atoms with E-state index < -0.39 is 0 Å². The minimum atomic E-state index is -0.252. The number of carbonyl (C=O) groups is 1. The van der Waals surface area contributed by atoms with Crippen LogP contribution in [0.15, 0.2) is 24.3 Å². The van der Waals surface area contributed by atoms with Crippen molar-refractivity contribution in [2.45, 2.75) is 44.8 Å². The van der Waals surface area contributed by atoms with E-state index in [-0.39, 0.29) is 17.8 Å². The summed E-state index contributed by atoms with van der Waals surface area (Å²) in [6.45, 7) is 2.54. The molecule has 0 aromatic heterocycles. The Bertz CT molecular complexity index is 443. The van der Waals surface area contributed by atoms with Crippen molar-refractivity contribution in [1.82, 2.24) is 4.90 Å². The summed E-state index contributed by atoms with van der Waals surface area (Å²) < 4.78 is 4.84. The molecule has 1 N–H and O–H groups in total. The second-order valence-corrected chi connectivity index (χ2v) is 5.13. The van der Waals surface area contributed by atoms with Gasteiger partial charge >= 0.3 is 5.97 Å². The lowest BCUT2D eigenvalue weighted by molar-refractivity contribution is -0.148. The van der Waals surface area contributed by atoms with Crippen LogP contribution >= 0.6 is 0 Å². The Hall–Kier alpha value is -1.55. The Morgan fingerprint density at radius 2 is 2.26 bits per heavy atom. The first-order valence-electron chi connectivity index (χ1n) is 6.73. The van der Waals surface area contributed by atoms with Crippen LogP contribution in [0, 0.1) is 0 Å². The van der Waals surface area contributed by atoms with Gasteiger partial charge in [-0.25, -0.2) is 0 Å². The highest BCUT2D eigenvalue weighted by Crippen LogP contribution is 2.28. The van der Waals surface area contributed by atoms with Gasteiger partial charge in [0, 0.05) is 12.6 Å². The van der Waals surface area contributed by atoms with Crippen molar-refractivity contribution in [2.75, 3.05) is 7.11 Å². The Morgan fingerprint density at radius 3 is 2.79 bits per heavy atom. The summed E-state index contributed by atoms with van der Waals surface area (Å²) in [4.78, 5) is 13.9. The molecular formula is C15H21NO3. The van der Waals surface area contributed by atoms with E-state index in [1.54, 1.807) is 12.1 Å². The smallest absolute Gasteiger partial charge is 0.322 e. The first-order chi connectivity index (χ1) is 9.11. The van der Waals surface area contributed by atoms with Gasteiger partial charge in [-0.05, 0) is 37.5 Å². The topological polar surface area (TPSA) is 49.8 Å². The standard InChI is InChI=1S/C15H21NO3/c1-11(15(18)19-2)16(13-6-4-7-13)10-12-5-3-8-14(17)9-12/h3,5,8-9,11,13,17H,4,6-7,10H2,1-2H3. The molecular weight excluding hydrogens is 242 g/mol. The lowest BCUT2D eigenvalue weighted by Gasteiger charge is -2.40. The highest BCUT2D eigenvalue weighted by Gasteiger charge is 2.32. The molecule has 1 atom stereocenters. The summed E-state index contributed by atoms with van der Waals surface area (Å²) in [6, 6.07) is 7.38. The normalized spacial score (nSPS) is 17.0. The molecule has 0 heterocycles. The van der Waals surface area contributed by atoms with Crippen LogP contribution in [0.4, 0.5) is 0 Å². The zero-order valence-electron chi connectivity index (χ0n) is 11.5. The molecule has 1 aromatic rings. The number of esters is 1. The van der Waals surface area contributed by atoms with E-state index in [0.717, 1.165) is 18.4 Å². The van der Waals surface area contributed by atoms with Crippen molar-refractivity contribution >= 4 is 5.97 Å².